The van der Waals surface area contributed by atoms with E-state index >= 15 is 0 Å². The summed E-state index contributed by atoms with van der Waals surface area (Å²) in [6.45, 7) is 3.99. The molecule has 1 heterocycles. The van der Waals surface area contributed by atoms with Crippen molar-refractivity contribution in [3.05, 3.63) is 29.8 Å². The number of likely N-dealkylation sites (N-methyl/N-ethyl adjacent to an activating group) is 1. The van der Waals surface area contributed by atoms with Crippen LogP contribution in [0.5, 0.6) is 0 Å². The summed E-state index contributed by atoms with van der Waals surface area (Å²) in [6, 6.07) is 6.74. The third-order valence-electron chi connectivity index (χ3n) is 3.61. The zero-order chi connectivity index (χ0) is 13.3. The zero-order valence-corrected chi connectivity index (χ0v) is 10.9. The van der Waals surface area contributed by atoms with Gasteiger partial charge in [-0.2, -0.15) is 0 Å². The molecular weight excluding hydrogens is 228 g/mol. The lowest BCUT2D eigenvalue weighted by Crippen LogP contribution is -2.48. The Morgan fingerprint density at radius 2 is 2.00 bits per heavy atom. The van der Waals surface area contributed by atoms with E-state index < -0.39 is 6.04 Å². The summed E-state index contributed by atoms with van der Waals surface area (Å²) in [5.41, 5.74) is 1.23. The highest BCUT2D eigenvalue weighted by Crippen LogP contribution is 2.25. The number of para-hydroxylation sites is 1. The predicted octanol–water partition coefficient (Wildman–Crippen LogP) is 1.81. The van der Waals surface area contributed by atoms with Gasteiger partial charge in [0.05, 0.1) is 11.3 Å². The molecule has 1 aromatic carbocycles. The summed E-state index contributed by atoms with van der Waals surface area (Å²) >= 11 is 0. The van der Waals surface area contributed by atoms with E-state index in [4.69, 9.17) is 0 Å². The lowest BCUT2D eigenvalue weighted by atomic mass is 9.98. The first-order valence-electron chi connectivity index (χ1n) is 6.23. The van der Waals surface area contributed by atoms with Gasteiger partial charge >= 0.3 is 0 Å². The van der Waals surface area contributed by atoms with E-state index in [2.05, 4.69) is 5.32 Å². The SMILES string of the molecule is CCC(C)C1NC(=O)c2ccccc2N(C)C1=O. The summed E-state index contributed by atoms with van der Waals surface area (Å²) in [5, 5.41) is 2.84. The van der Waals surface area contributed by atoms with Gasteiger partial charge in [-0.05, 0) is 18.1 Å². The van der Waals surface area contributed by atoms with Crippen molar-refractivity contribution in [1.82, 2.24) is 5.32 Å². The van der Waals surface area contributed by atoms with Crippen molar-refractivity contribution in [3.63, 3.8) is 0 Å². The van der Waals surface area contributed by atoms with Gasteiger partial charge in [0.25, 0.3) is 5.91 Å². The largest absolute Gasteiger partial charge is 0.340 e. The molecule has 0 bridgehead atoms. The molecule has 0 saturated heterocycles. The second kappa shape index (κ2) is 4.80. The van der Waals surface area contributed by atoms with Gasteiger partial charge in [0.15, 0.2) is 0 Å². The number of hydrogen-bond donors (Lipinski definition) is 1. The average molecular weight is 246 g/mol. The molecule has 1 aliphatic rings. The highest BCUT2D eigenvalue weighted by atomic mass is 16.2. The molecule has 0 saturated carbocycles. The molecule has 96 valence electrons. The van der Waals surface area contributed by atoms with Crippen LogP contribution in [0.2, 0.25) is 0 Å². The molecule has 18 heavy (non-hydrogen) atoms. The van der Waals surface area contributed by atoms with E-state index in [1.165, 1.54) is 0 Å². The first kappa shape index (κ1) is 12.6. The standard InChI is InChI=1S/C14H18N2O2/c1-4-9(2)12-14(18)16(3)11-8-6-5-7-10(11)13(17)15-12/h5-9,12H,4H2,1-3H3,(H,15,17). The Morgan fingerprint density at radius 3 is 2.67 bits per heavy atom. The van der Waals surface area contributed by atoms with Crippen molar-refractivity contribution in [3.8, 4) is 0 Å². The summed E-state index contributed by atoms with van der Waals surface area (Å²) in [6.07, 6.45) is 0.848. The molecule has 2 rings (SSSR count). The molecular formula is C14H18N2O2. The zero-order valence-electron chi connectivity index (χ0n) is 10.9. The van der Waals surface area contributed by atoms with E-state index in [1.54, 1.807) is 30.1 Å². The van der Waals surface area contributed by atoms with Gasteiger partial charge < -0.3 is 10.2 Å². The van der Waals surface area contributed by atoms with Crippen molar-refractivity contribution in [1.29, 1.82) is 0 Å². The van der Waals surface area contributed by atoms with Crippen LogP contribution in [-0.4, -0.2) is 24.9 Å². The van der Waals surface area contributed by atoms with Crippen LogP contribution in [0.1, 0.15) is 30.6 Å². The van der Waals surface area contributed by atoms with Gasteiger partial charge in [0, 0.05) is 7.05 Å². The summed E-state index contributed by atoms with van der Waals surface area (Å²) in [4.78, 5) is 26.1. The van der Waals surface area contributed by atoms with Crippen molar-refractivity contribution < 1.29 is 9.59 Å². The van der Waals surface area contributed by atoms with E-state index in [-0.39, 0.29) is 17.7 Å². The Kier molecular flexibility index (Phi) is 3.36. The molecule has 0 fully saturated rings. The summed E-state index contributed by atoms with van der Waals surface area (Å²) in [7, 11) is 1.72. The first-order chi connectivity index (χ1) is 8.56. The van der Waals surface area contributed by atoms with E-state index in [1.807, 2.05) is 19.9 Å². The van der Waals surface area contributed by atoms with Crippen LogP contribution in [0.3, 0.4) is 0 Å². The molecule has 1 aromatic rings. The number of nitrogens with zero attached hydrogens (tertiary/aromatic N) is 1. The van der Waals surface area contributed by atoms with Crippen molar-refractivity contribution in [2.45, 2.75) is 26.3 Å². The van der Waals surface area contributed by atoms with E-state index in [9.17, 15) is 9.59 Å². The molecule has 0 spiro atoms. The van der Waals surface area contributed by atoms with Crippen LogP contribution in [-0.2, 0) is 4.79 Å². The van der Waals surface area contributed by atoms with Crippen molar-refractivity contribution in [2.75, 3.05) is 11.9 Å². The second-order valence-corrected chi connectivity index (χ2v) is 4.75. The fourth-order valence-electron chi connectivity index (χ4n) is 2.19. The van der Waals surface area contributed by atoms with Crippen LogP contribution >= 0.6 is 0 Å². The molecule has 4 nitrogen and oxygen atoms in total. The van der Waals surface area contributed by atoms with Crippen LogP contribution < -0.4 is 10.2 Å². The fraction of sp³-hybridized carbons (Fsp3) is 0.429. The van der Waals surface area contributed by atoms with Crippen LogP contribution in [0.25, 0.3) is 0 Å². The quantitative estimate of drug-likeness (QED) is 0.865. The Labute approximate surface area is 107 Å². The average Bonchev–Trinajstić information content (AvgIpc) is 2.50. The van der Waals surface area contributed by atoms with E-state index in [0.29, 0.717) is 11.3 Å². The second-order valence-electron chi connectivity index (χ2n) is 4.75. The monoisotopic (exact) mass is 246 g/mol. The number of carbonyl (C=O) groups is 2. The molecule has 0 aromatic heterocycles. The fourth-order valence-corrected chi connectivity index (χ4v) is 2.19. The number of anilines is 1. The molecule has 4 heteroatoms. The highest BCUT2D eigenvalue weighted by molar-refractivity contribution is 6.10. The van der Waals surface area contributed by atoms with Gasteiger partial charge in [-0.25, -0.2) is 0 Å². The van der Waals surface area contributed by atoms with Crippen molar-refractivity contribution in [2.24, 2.45) is 5.92 Å². The number of benzene rings is 1. The van der Waals surface area contributed by atoms with Crippen molar-refractivity contribution >= 4 is 17.5 Å². The van der Waals surface area contributed by atoms with Gasteiger partial charge in [-0.1, -0.05) is 32.4 Å². The number of nitrogens with one attached hydrogen (secondary N) is 1. The van der Waals surface area contributed by atoms with Crippen LogP contribution in [0.4, 0.5) is 5.69 Å². The topological polar surface area (TPSA) is 49.4 Å². The first-order valence-corrected chi connectivity index (χ1v) is 6.23. The van der Waals surface area contributed by atoms with Gasteiger partial charge in [-0.15, -0.1) is 0 Å². The smallest absolute Gasteiger partial charge is 0.254 e. The Morgan fingerprint density at radius 1 is 1.33 bits per heavy atom. The lowest BCUT2D eigenvalue weighted by Gasteiger charge is -2.24. The minimum atomic E-state index is -0.445. The highest BCUT2D eigenvalue weighted by Gasteiger charge is 2.34. The molecule has 1 N–H and O–H groups in total. The summed E-state index contributed by atoms with van der Waals surface area (Å²) in [5.74, 6) is -0.102. The Balaban J connectivity index is 2.45. The number of carbonyl (C=O) groups excluding carboxylic acids is 2. The number of hydrogen-bond acceptors (Lipinski definition) is 2. The minimum Gasteiger partial charge on any atom is -0.340 e. The number of rotatable bonds is 2. The van der Waals surface area contributed by atoms with Gasteiger partial charge in [-0.3, -0.25) is 9.59 Å². The lowest BCUT2D eigenvalue weighted by molar-refractivity contribution is -0.121. The molecule has 2 atom stereocenters. The molecule has 1 aliphatic heterocycles. The maximum Gasteiger partial charge on any atom is 0.254 e. The predicted molar refractivity (Wildman–Crippen MR) is 70.6 cm³/mol. The Hall–Kier alpha value is -1.84. The third kappa shape index (κ3) is 1.98. The van der Waals surface area contributed by atoms with Gasteiger partial charge in [0.2, 0.25) is 5.91 Å². The van der Waals surface area contributed by atoms with Crippen LogP contribution in [0.15, 0.2) is 24.3 Å². The molecule has 2 amide bonds. The number of amides is 2. The van der Waals surface area contributed by atoms with Gasteiger partial charge in [0.1, 0.15) is 6.04 Å². The molecule has 2 unspecified atom stereocenters. The minimum absolute atomic E-state index is 0.0531. The molecule has 0 aliphatic carbocycles. The maximum absolute atomic E-state index is 12.4. The Bertz CT molecular complexity index is 484. The molecule has 0 radical (unpaired) electrons. The van der Waals surface area contributed by atoms with Crippen LogP contribution in [0, 0.1) is 5.92 Å². The maximum atomic E-state index is 12.4. The normalized spacial score (nSPS) is 21.1. The summed E-state index contributed by atoms with van der Waals surface area (Å²) < 4.78 is 0. The number of fused-ring (bicyclic) bond motifs is 1. The van der Waals surface area contributed by atoms with E-state index in [0.717, 1.165) is 6.42 Å². The third-order valence-corrected chi connectivity index (χ3v) is 3.61.